The van der Waals surface area contributed by atoms with Crippen LogP contribution in [0.25, 0.3) is 0 Å². The van der Waals surface area contributed by atoms with Crippen LogP contribution in [0.4, 0.5) is 10.1 Å². The van der Waals surface area contributed by atoms with Crippen molar-refractivity contribution < 1.29 is 9.50 Å². The average molecular weight is 197 g/mol. The van der Waals surface area contributed by atoms with Crippen LogP contribution in [-0.4, -0.2) is 5.11 Å². The molecule has 0 bridgehead atoms. The van der Waals surface area contributed by atoms with Gasteiger partial charge in [-0.15, -0.1) is 0 Å². The number of nitrogen functional groups attached to an aromatic ring is 1. The number of hydrogen-bond acceptors (Lipinski definition) is 2. The molecule has 0 heterocycles. The van der Waals surface area contributed by atoms with E-state index in [1.807, 2.05) is 13.8 Å². The standard InChI is InChI=1S/C11H16FNO/c1-3-7(2)11(14)9-6-8(12)4-5-10(9)13/h4-7,11,14H,3,13H2,1-2H3. The average Bonchev–Trinajstić information content (AvgIpc) is 2.19. The van der Waals surface area contributed by atoms with E-state index in [2.05, 4.69) is 0 Å². The molecule has 0 aliphatic heterocycles. The van der Waals surface area contributed by atoms with Gasteiger partial charge in [-0.3, -0.25) is 0 Å². The van der Waals surface area contributed by atoms with Crippen molar-refractivity contribution in [1.29, 1.82) is 0 Å². The van der Waals surface area contributed by atoms with Gasteiger partial charge in [0.25, 0.3) is 0 Å². The Hall–Kier alpha value is -1.09. The van der Waals surface area contributed by atoms with E-state index in [0.29, 0.717) is 11.3 Å². The number of halogens is 1. The highest BCUT2D eigenvalue weighted by Crippen LogP contribution is 2.28. The van der Waals surface area contributed by atoms with Gasteiger partial charge in [-0.05, 0) is 24.1 Å². The second-order valence-corrected chi connectivity index (χ2v) is 3.60. The molecule has 0 saturated carbocycles. The van der Waals surface area contributed by atoms with Crippen LogP contribution in [0.5, 0.6) is 0 Å². The van der Waals surface area contributed by atoms with Gasteiger partial charge in [0.1, 0.15) is 5.82 Å². The van der Waals surface area contributed by atoms with Crippen LogP contribution in [0.2, 0.25) is 0 Å². The maximum absolute atomic E-state index is 12.9. The summed E-state index contributed by atoms with van der Waals surface area (Å²) in [6.45, 7) is 3.89. The molecule has 0 aliphatic carbocycles. The molecule has 1 aromatic carbocycles. The van der Waals surface area contributed by atoms with Crippen molar-refractivity contribution in [2.75, 3.05) is 5.73 Å². The summed E-state index contributed by atoms with van der Waals surface area (Å²) in [6.07, 6.45) is 0.146. The lowest BCUT2D eigenvalue weighted by Crippen LogP contribution is -2.10. The lowest BCUT2D eigenvalue weighted by atomic mass is 9.94. The fourth-order valence-corrected chi connectivity index (χ4v) is 1.33. The Kier molecular flexibility index (Phi) is 3.47. The molecule has 3 N–H and O–H groups in total. The molecule has 0 saturated heterocycles. The van der Waals surface area contributed by atoms with Gasteiger partial charge >= 0.3 is 0 Å². The molecule has 0 amide bonds. The van der Waals surface area contributed by atoms with Crippen molar-refractivity contribution in [2.45, 2.75) is 26.4 Å². The predicted octanol–water partition coefficient (Wildman–Crippen LogP) is 2.49. The number of rotatable bonds is 3. The number of nitrogens with two attached hydrogens (primary N) is 1. The van der Waals surface area contributed by atoms with Crippen LogP contribution in [0.1, 0.15) is 31.9 Å². The maximum Gasteiger partial charge on any atom is 0.123 e. The van der Waals surface area contributed by atoms with E-state index in [1.54, 1.807) is 0 Å². The van der Waals surface area contributed by atoms with E-state index in [-0.39, 0.29) is 11.7 Å². The van der Waals surface area contributed by atoms with Crippen molar-refractivity contribution in [3.8, 4) is 0 Å². The van der Waals surface area contributed by atoms with E-state index in [1.165, 1.54) is 18.2 Å². The van der Waals surface area contributed by atoms with Gasteiger partial charge in [0, 0.05) is 11.3 Å². The molecule has 0 fully saturated rings. The minimum Gasteiger partial charge on any atom is -0.398 e. The molecule has 0 spiro atoms. The topological polar surface area (TPSA) is 46.2 Å². The summed E-state index contributed by atoms with van der Waals surface area (Å²) < 4.78 is 12.9. The summed E-state index contributed by atoms with van der Waals surface area (Å²) in [5.41, 5.74) is 6.59. The molecule has 2 atom stereocenters. The Labute approximate surface area is 83.6 Å². The highest BCUT2D eigenvalue weighted by molar-refractivity contribution is 5.48. The highest BCUT2D eigenvalue weighted by atomic mass is 19.1. The third-order valence-electron chi connectivity index (χ3n) is 2.55. The van der Waals surface area contributed by atoms with Crippen LogP contribution in [-0.2, 0) is 0 Å². The maximum atomic E-state index is 12.9. The molecule has 78 valence electrons. The van der Waals surface area contributed by atoms with Crippen LogP contribution < -0.4 is 5.73 Å². The number of aliphatic hydroxyl groups excluding tert-OH is 1. The van der Waals surface area contributed by atoms with E-state index >= 15 is 0 Å². The molecular formula is C11H16FNO. The normalized spacial score (nSPS) is 15.1. The molecule has 2 unspecified atom stereocenters. The Morgan fingerprint density at radius 1 is 1.50 bits per heavy atom. The number of anilines is 1. The summed E-state index contributed by atoms with van der Waals surface area (Å²) in [5.74, 6) is -0.282. The minimum atomic E-state index is -0.685. The fraction of sp³-hybridized carbons (Fsp3) is 0.455. The minimum absolute atomic E-state index is 0.0825. The van der Waals surface area contributed by atoms with Crippen LogP contribution in [0, 0.1) is 11.7 Å². The molecule has 0 radical (unpaired) electrons. The highest BCUT2D eigenvalue weighted by Gasteiger charge is 2.17. The number of hydrogen-bond donors (Lipinski definition) is 2. The number of aliphatic hydroxyl groups is 1. The Bertz CT molecular complexity index is 314. The van der Waals surface area contributed by atoms with E-state index in [4.69, 9.17) is 5.73 Å². The largest absolute Gasteiger partial charge is 0.398 e. The lowest BCUT2D eigenvalue weighted by molar-refractivity contribution is 0.116. The summed E-state index contributed by atoms with van der Waals surface area (Å²) in [4.78, 5) is 0. The first kappa shape index (κ1) is 11.0. The van der Waals surface area contributed by atoms with Crippen molar-refractivity contribution in [1.82, 2.24) is 0 Å². The Morgan fingerprint density at radius 3 is 2.71 bits per heavy atom. The zero-order valence-electron chi connectivity index (χ0n) is 8.50. The summed E-state index contributed by atoms with van der Waals surface area (Å²) in [5, 5.41) is 9.85. The Balaban J connectivity index is 2.99. The molecular weight excluding hydrogens is 181 g/mol. The smallest absolute Gasteiger partial charge is 0.123 e. The molecule has 1 rings (SSSR count). The first-order chi connectivity index (χ1) is 6.56. The van der Waals surface area contributed by atoms with Crippen molar-refractivity contribution in [3.05, 3.63) is 29.6 Å². The second-order valence-electron chi connectivity index (χ2n) is 3.60. The fourth-order valence-electron chi connectivity index (χ4n) is 1.33. The molecule has 1 aromatic rings. The summed E-state index contributed by atoms with van der Waals surface area (Å²) in [6, 6.07) is 4.07. The SMILES string of the molecule is CCC(C)C(O)c1cc(F)ccc1N. The van der Waals surface area contributed by atoms with Crippen molar-refractivity contribution in [3.63, 3.8) is 0 Å². The third-order valence-corrected chi connectivity index (χ3v) is 2.55. The van der Waals surface area contributed by atoms with Crippen LogP contribution >= 0.6 is 0 Å². The van der Waals surface area contributed by atoms with Gasteiger partial charge in [-0.2, -0.15) is 0 Å². The third kappa shape index (κ3) is 2.23. The van der Waals surface area contributed by atoms with E-state index in [0.717, 1.165) is 6.42 Å². The molecule has 3 heteroatoms. The van der Waals surface area contributed by atoms with Crippen LogP contribution in [0.15, 0.2) is 18.2 Å². The van der Waals surface area contributed by atoms with Crippen molar-refractivity contribution in [2.24, 2.45) is 5.92 Å². The van der Waals surface area contributed by atoms with Gasteiger partial charge in [-0.1, -0.05) is 20.3 Å². The molecule has 0 aromatic heterocycles. The lowest BCUT2D eigenvalue weighted by Gasteiger charge is -2.19. The molecule has 0 aliphatic rings. The van der Waals surface area contributed by atoms with E-state index in [9.17, 15) is 9.50 Å². The van der Waals surface area contributed by atoms with Gasteiger partial charge in [0.05, 0.1) is 6.10 Å². The van der Waals surface area contributed by atoms with Crippen molar-refractivity contribution >= 4 is 5.69 Å². The monoisotopic (exact) mass is 197 g/mol. The summed E-state index contributed by atoms with van der Waals surface area (Å²) >= 11 is 0. The number of benzene rings is 1. The zero-order valence-corrected chi connectivity index (χ0v) is 8.50. The van der Waals surface area contributed by atoms with Crippen LogP contribution in [0.3, 0.4) is 0 Å². The zero-order chi connectivity index (χ0) is 10.7. The van der Waals surface area contributed by atoms with Gasteiger partial charge in [0.2, 0.25) is 0 Å². The quantitative estimate of drug-likeness (QED) is 0.731. The molecule has 2 nitrogen and oxygen atoms in total. The van der Waals surface area contributed by atoms with E-state index < -0.39 is 6.10 Å². The molecule has 14 heavy (non-hydrogen) atoms. The van der Waals surface area contributed by atoms with Gasteiger partial charge < -0.3 is 10.8 Å². The summed E-state index contributed by atoms with van der Waals surface area (Å²) in [7, 11) is 0. The second kappa shape index (κ2) is 4.42. The van der Waals surface area contributed by atoms with Gasteiger partial charge in [0.15, 0.2) is 0 Å². The predicted molar refractivity (Wildman–Crippen MR) is 55.2 cm³/mol. The Morgan fingerprint density at radius 2 is 2.14 bits per heavy atom. The first-order valence-corrected chi connectivity index (χ1v) is 4.79. The first-order valence-electron chi connectivity index (χ1n) is 4.79. The van der Waals surface area contributed by atoms with Gasteiger partial charge in [-0.25, -0.2) is 4.39 Å².